The van der Waals surface area contributed by atoms with Crippen molar-refractivity contribution in [3.8, 4) is 5.69 Å². The number of hydrogen-bond donors (Lipinski definition) is 3. The second-order valence-electron chi connectivity index (χ2n) is 7.15. The van der Waals surface area contributed by atoms with E-state index in [1.807, 2.05) is 12.1 Å². The number of amides is 3. The van der Waals surface area contributed by atoms with Gasteiger partial charge in [-0.1, -0.05) is 17.7 Å². The number of aromatic nitrogens is 2. The van der Waals surface area contributed by atoms with Crippen LogP contribution >= 0.6 is 11.6 Å². The number of benzene rings is 2. The SMILES string of the molecule is O=C(NCC1CCCO1)Nc1ccc(NC(=O)c2cnn(-c3cccc(Cl)c3)c2)cc1. The fraction of sp³-hybridized carbons (Fsp3) is 0.227. The molecule has 2 heterocycles. The first-order chi connectivity index (χ1) is 15.1. The van der Waals surface area contributed by atoms with E-state index in [2.05, 4.69) is 21.0 Å². The number of rotatable bonds is 6. The first-order valence-corrected chi connectivity index (χ1v) is 10.3. The number of urea groups is 1. The van der Waals surface area contributed by atoms with E-state index in [-0.39, 0.29) is 18.0 Å². The van der Waals surface area contributed by atoms with Gasteiger partial charge in [-0.15, -0.1) is 0 Å². The van der Waals surface area contributed by atoms with E-state index in [0.717, 1.165) is 25.1 Å². The zero-order chi connectivity index (χ0) is 21.6. The van der Waals surface area contributed by atoms with E-state index in [1.165, 1.54) is 6.20 Å². The first kappa shape index (κ1) is 20.9. The molecule has 3 amide bonds. The van der Waals surface area contributed by atoms with Gasteiger partial charge in [-0.3, -0.25) is 4.79 Å². The summed E-state index contributed by atoms with van der Waals surface area (Å²) in [6.45, 7) is 1.24. The molecular weight excluding hydrogens is 418 g/mol. The molecule has 1 atom stereocenters. The van der Waals surface area contributed by atoms with Gasteiger partial charge in [0.25, 0.3) is 5.91 Å². The average Bonchev–Trinajstić information content (AvgIpc) is 3.46. The normalized spacial score (nSPS) is 15.5. The lowest BCUT2D eigenvalue weighted by molar-refractivity contribution is 0.102. The molecule has 4 rings (SSSR count). The van der Waals surface area contributed by atoms with Gasteiger partial charge in [0, 0.05) is 35.7 Å². The minimum absolute atomic E-state index is 0.0894. The molecule has 3 aromatic rings. The summed E-state index contributed by atoms with van der Waals surface area (Å²) in [6.07, 6.45) is 5.21. The second kappa shape index (κ2) is 9.63. The van der Waals surface area contributed by atoms with E-state index < -0.39 is 0 Å². The van der Waals surface area contributed by atoms with E-state index in [1.54, 1.807) is 47.3 Å². The molecule has 2 aromatic carbocycles. The fourth-order valence-corrected chi connectivity index (χ4v) is 3.41. The highest BCUT2D eigenvalue weighted by atomic mass is 35.5. The molecule has 8 nitrogen and oxygen atoms in total. The lowest BCUT2D eigenvalue weighted by Crippen LogP contribution is -2.35. The number of ether oxygens (including phenoxy) is 1. The van der Waals surface area contributed by atoms with E-state index >= 15 is 0 Å². The molecule has 0 spiro atoms. The van der Waals surface area contributed by atoms with Gasteiger partial charge in [-0.05, 0) is 55.3 Å². The van der Waals surface area contributed by atoms with E-state index in [9.17, 15) is 9.59 Å². The summed E-state index contributed by atoms with van der Waals surface area (Å²) >= 11 is 6.01. The Balaban J connectivity index is 1.30. The maximum atomic E-state index is 12.5. The highest BCUT2D eigenvalue weighted by Gasteiger charge is 2.16. The quantitative estimate of drug-likeness (QED) is 0.539. The van der Waals surface area contributed by atoms with Crippen LogP contribution in [0.15, 0.2) is 60.9 Å². The Morgan fingerprint density at radius 1 is 1.13 bits per heavy atom. The summed E-state index contributed by atoms with van der Waals surface area (Å²) in [5.74, 6) is -0.289. The topological polar surface area (TPSA) is 97.3 Å². The van der Waals surface area contributed by atoms with Gasteiger partial charge in [0.2, 0.25) is 0 Å². The van der Waals surface area contributed by atoms with Gasteiger partial charge in [0.05, 0.1) is 23.6 Å². The summed E-state index contributed by atoms with van der Waals surface area (Å²) in [6, 6.07) is 13.8. The Bertz CT molecular complexity index is 1060. The summed E-state index contributed by atoms with van der Waals surface area (Å²) in [5, 5.41) is 13.2. The maximum Gasteiger partial charge on any atom is 0.319 e. The lowest BCUT2D eigenvalue weighted by Gasteiger charge is -2.12. The molecule has 0 aliphatic carbocycles. The van der Waals surface area contributed by atoms with Crippen molar-refractivity contribution in [3.63, 3.8) is 0 Å². The smallest absolute Gasteiger partial charge is 0.319 e. The van der Waals surface area contributed by atoms with Crippen LogP contribution in [0, 0.1) is 0 Å². The van der Waals surface area contributed by atoms with Crippen molar-refractivity contribution in [1.82, 2.24) is 15.1 Å². The van der Waals surface area contributed by atoms with Crippen LogP contribution in [0.3, 0.4) is 0 Å². The molecule has 1 aliphatic rings. The Hall–Kier alpha value is -3.36. The first-order valence-electron chi connectivity index (χ1n) is 9.95. The van der Waals surface area contributed by atoms with Crippen LogP contribution in [0.1, 0.15) is 23.2 Å². The van der Waals surface area contributed by atoms with Crippen molar-refractivity contribution in [2.45, 2.75) is 18.9 Å². The van der Waals surface area contributed by atoms with Crippen molar-refractivity contribution in [1.29, 1.82) is 0 Å². The van der Waals surface area contributed by atoms with Crippen molar-refractivity contribution >= 4 is 34.9 Å². The standard InChI is InChI=1S/C22H22ClN5O3/c23-16-3-1-4-19(11-16)28-14-15(12-25-28)21(29)26-17-6-8-18(9-7-17)27-22(30)24-13-20-5-2-10-31-20/h1,3-4,6-9,11-12,14,20H,2,5,10,13H2,(H,26,29)(H2,24,27,30). The van der Waals surface area contributed by atoms with Crippen LogP contribution in [0.2, 0.25) is 5.02 Å². The predicted octanol–water partition coefficient (Wildman–Crippen LogP) is 4.08. The Kier molecular flexibility index (Phi) is 6.49. The number of anilines is 2. The van der Waals surface area contributed by atoms with Gasteiger partial charge in [-0.2, -0.15) is 5.10 Å². The van der Waals surface area contributed by atoms with Gasteiger partial charge in [0.1, 0.15) is 0 Å². The maximum absolute atomic E-state index is 12.5. The summed E-state index contributed by atoms with van der Waals surface area (Å²) < 4.78 is 7.07. The molecule has 9 heteroatoms. The molecule has 3 N–H and O–H groups in total. The van der Waals surface area contributed by atoms with E-state index in [0.29, 0.717) is 28.5 Å². The van der Waals surface area contributed by atoms with Crippen molar-refractivity contribution < 1.29 is 14.3 Å². The number of halogens is 1. The van der Waals surface area contributed by atoms with Gasteiger partial charge in [-0.25, -0.2) is 9.48 Å². The molecule has 1 unspecified atom stereocenters. The molecule has 160 valence electrons. The van der Waals surface area contributed by atoms with Gasteiger partial charge in [0.15, 0.2) is 0 Å². The molecule has 0 saturated carbocycles. The summed E-state index contributed by atoms with van der Waals surface area (Å²) in [5.41, 5.74) is 2.40. The van der Waals surface area contributed by atoms with Crippen molar-refractivity contribution in [3.05, 3.63) is 71.5 Å². The zero-order valence-electron chi connectivity index (χ0n) is 16.7. The minimum Gasteiger partial charge on any atom is -0.376 e. The molecule has 0 bridgehead atoms. The highest BCUT2D eigenvalue weighted by Crippen LogP contribution is 2.17. The third-order valence-electron chi connectivity index (χ3n) is 4.83. The van der Waals surface area contributed by atoms with Crippen molar-refractivity contribution in [2.24, 2.45) is 0 Å². The van der Waals surface area contributed by atoms with Crippen LogP contribution in [-0.2, 0) is 4.74 Å². The van der Waals surface area contributed by atoms with E-state index in [4.69, 9.17) is 16.3 Å². The van der Waals surface area contributed by atoms with Gasteiger partial charge >= 0.3 is 6.03 Å². The van der Waals surface area contributed by atoms with Crippen LogP contribution < -0.4 is 16.0 Å². The molecule has 1 fully saturated rings. The van der Waals surface area contributed by atoms with Crippen LogP contribution in [0.5, 0.6) is 0 Å². The number of nitrogens with one attached hydrogen (secondary N) is 3. The Labute approximate surface area is 184 Å². The summed E-state index contributed by atoms with van der Waals surface area (Å²) in [4.78, 5) is 24.5. The Morgan fingerprint density at radius 2 is 1.90 bits per heavy atom. The van der Waals surface area contributed by atoms with Gasteiger partial charge < -0.3 is 20.7 Å². The van der Waals surface area contributed by atoms with Crippen LogP contribution in [0.25, 0.3) is 5.69 Å². The molecular formula is C22H22ClN5O3. The highest BCUT2D eigenvalue weighted by molar-refractivity contribution is 6.30. The third kappa shape index (κ3) is 5.62. The molecule has 0 radical (unpaired) electrons. The number of carbonyl (C=O) groups is 2. The lowest BCUT2D eigenvalue weighted by atomic mass is 10.2. The molecule has 1 aliphatic heterocycles. The third-order valence-corrected chi connectivity index (χ3v) is 5.07. The largest absolute Gasteiger partial charge is 0.376 e. The average molecular weight is 440 g/mol. The molecule has 1 aromatic heterocycles. The summed E-state index contributed by atoms with van der Waals surface area (Å²) in [7, 11) is 0. The minimum atomic E-state index is -0.291. The predicted molar refractivity (Wildman–Crippen MR) is 119 cm³/mol. The fourth-order valence-electron chi connectivity index (χ4n) is 3.23. The van der Waals surface area contributed by atoms with Crippen molar-refractivity contribution in [2.75, 3.05) is 23.8 Å². The Morgan fingerprint density at radius 3 is 2.61 bits per heavy atom. The second-order valence-corrected chi connectivity index (χ2v) is 7.59. The van der Waals surface area contributed by atoms with Crippen LogP contribution in [-0.4, -0.2) is 41.0 Å². The monoisotopic (exact) mass is 439 g/mol. The number of nitrogens with zero attached hydrogens (tertiary/aromatic N) is 2. The number of hydrogen-bond acceptors (Lipinski definition) is 4. The number of carbonyl (C=O) groups excluding carboxylic acids is 2. The van der Waals surface area contributed by atoms with Crippen LogP contribution in [0.4, 0.5) is 16.2 Å². The molecule has 1 saturated heterocycles. The zero-order valence-corrected chi connectivity index (χ0v) is 17.4. The molecule has 31 heavy (non-hydrogen) atoms.